The van der Waals surface area contributed by atoms with Gasteiger partial charge in [-0.2, -0.15) is 0 Å². The molecule has 12 nitrogen and oxygen atoms in total. The van der Waals surface area contributed by atoms with Crippen LogP contribution in [-0.4, -0.2) is 82.9 Å². The minimum Gasteiger partial charge on any atom is -0.495 e. The second-order valence-corrected chi connectivity index (χ2v) is 10.3. The highest BCUT2D eigenvalue weighted by atomic mass is 16.7. The van der Waals surface area contributed by atoms with Crippen molar-refractivity contribution in [2.45, 2.75) is 31.5 Å². The third-order valence-corrected chi connectivity index (χ3v) is 7.97. The predicted molar refractivity (Wildman–Crippen MR) is 146 cm³/mol. The zero-order chi connectivity index (χ0) is 27.1. The highest BCUT2D eigenvalue weighted by molar-refractivity contribution is 5.83. The fourth-order valence-corrected chi connectivity index (χ4v) is 5.95. The summed E-state index contributed by atoms with van der Waals surface area (Å²) in [6, 6.07) is 13.2. The summed E-state index contributed by atoms with van der Waals surface area (Å²) >= 11 is 0. The summed E-state index contributed by atoms with van der Waals surface area (Å²) in [6.07, 6.45) is 2.04. The molecule has 7 rings (SSSR count). The van der Waals surface area contributed by atoms with E-state index in [0.717, 1.165) is 49.4 Å². The van der Waals surface area contributed by atoms with Crippen molar-refractivity contribution >= 4 is 16.6 Å². The zero-order valence-corrected chi connectivity index (χ0v) is 22.3. The minimum absolute atomic E-state index is 0.0555. The van der Waals surface area contributed by atoms with Crippen molar-refractivity contribution in [3.8, 4) is 17.2 Å². The molecule has 0 aliphatic carbocycles. The van der Waals surface area contributed by atoms with Crippen molar-refractivity contribution in [1.29, 1.82) is 0 Å². The van der Waals surface area contributed by atoms with Crippen LogP contribution in [0.5, 0.6) is 17.2 Å². The number of fused-ring (bicyclic) bond motifs is 2. The number of hydrogen-bond acceptors (Lipinski definition) is 10. The number of anilines is 1. The van der Waals surface area contributed by atoms with E-state index in [9.17, 15) is 4.79 Å². The topological polar surface area (TPSA) is 120 Å². The van der Waals surface area contributed by atoms with E-state index in [2.05, 4.69) is 36.4 Å². The maximum atomic E-state index is 13.7. The van der Waals surface area contributed by atoms with Crippen LogP contribution in [0.3, 0.4) is 0 Å². The lowest BCUT2D eigenvalue weighted by molar-refractivity contribution is 0.0906. The first-order chi connectivity index (χ1) is 19.7. The average Bonchev–Trinajstić information content (AvgIpc) is 3.76. The second kappa shape index (κ2) is 10.4. The molecule has 3 aliphatic rings. The number of pyridine rings is 1. The summed E-state index contributed by atoms with van der Waals surface area (Å²) in [5, 5.41) is 13.7. The van der Waals surface area contributed by atoms with Crippen molar-refractivity contribution < 1.29 is 18.9 Å². The number of piperazine rings is 1. The second-order valence-electron chi connectivity index (χ2n) is 10.3. The van der Waals surface area contributed by atoms with Gasteiger partial charge in [0.2, 0.25) is 6.79 Å². The lowest BCUT2D eigenvalue weighted by Gasteiger charge is -2.40. The van der Waals surface area contributed by atoms with Gasteiger partial charge in [0, 0.05) is 49.8 Å². The van der Waals surface area contributed by atoms with E-state index in [4.69, 9.17) is 18.9 Å². The molecule has 2 atom stereocenters. The molecule has 0 amide bonds. The molecule has 2 fully saturated rings. The molecule has 208 valence electrons. The SMILES string of the molecule is COc1ccccc1N1CCN([C@@H](c2cc3cc4c(cc3[nH]c2=O)OCO4)c2nnnn2C[C@@H]2CCCO2)CC1. The monoisotopic (exact) mass is 545 g/mol. The van der Waals surface area contributed by atoms with Crippen LogP contribution in [0.25, 0.3) is 10.9 Å². The maximum Gasteiger partial charge on any atom is 0.253 e. The Labute approximate surface area is 230 Å². The molecular weight excluding hydrogens is 514 g/mol. The molecule has 2 aromatic heterocycles. The Bertz CT molecular complexity index is 1570. The highest BCUT2D eigenvalue weighted by Crippen LogP contribution is 2.37. The summed E-state index contributed by atoms with van der Waals surface area (Å²) in [5.74, 6) is 2.76. The molecule has 0 spiro atoms. The van der Waals surface area contributed by atoms with E-state index in [1.807, 2.05) is 36.4 Å². The number of nitrogens with one attached hydrogen (secondary N) is 1. The number of ether oxygens (including phenoxy) is 4. The molecule has 12 heteroatoms. The van der Waals surface area contributed by atoms with E-state index in [-0.39, 0.29) is 18.5 Å². The minimum atomic E-state index is -0.449. The van der Waals surface area contributed by atoms with Crippen LogP contribution in [0.1, 0.15) is 30.3 Å². The van der Waals surface area contributed by atoms with E-state index in [1.165, 1.54) is 0 Å². The molecule has 0 bridgehead atoms. The molecule has 4 aromatic rings. The van der Waals surface area contributed by atoms with Gasteiger partial charge in [-0.15, -0.1) is 5.10 Å². The molecular formula is C28H31N7O5. The van der Waals surface area contributed by atoms with Gasteiger partial charge in [-0.1, -0.05) is 12.1 Å². The van der Waals surface area contributed by atoms with Gasteiger partial charge >= 0.3 is 0 Å². The molecule has 0 unspecified atom stereocenters. The van der Waals surface area contributed by atoms with Gasteiger partial charge in [-0.25, -0.2) is 4.68 Å². The molecule has 2 saturated heterocycles. The van der Waals surface area contributed by atoms with Gasteiger partial charge in [0.15, 0.2) is 17.3 Å². The van der Waals surface area contributed by atoms with Crippen LogP contribution in [-0.2, 0) is 11.3 Å². The number of nitrogens with zero attached hydrogens (tertiary/aromatic N) is 6. The number of methoxy groups -OCH3 is 1. The number of tetrazole rings is 1. The van der Waals surface area contributed by atoms with Gasteiger partial charge in [0.25, 0.3) is 5.56 Å². The van der Waals surface area contributed by atoms with E-state index >= 15 is 0 Å². The first-order valence-electron chi connectivity index (χ1n) is 13.6. The standard InChI is InChI=1S/C28H31N7O5/c1-37-23-7-3-2-6-22(23)33-8-10-34(11-9-33)26(27-30-31-32-35(27)16-19-5-4-12-38-19)20-13-18-14-24-25(40-17-39-24)15-21(18)29-28(20)36/h2-3,6-7,13-15,19,26H,4-5,8-12,16-17H2,1H3,(H,29,36)/t19-,26-/m0/s1. The summed E-state index contributed by atoms with van der Waals surface area (Å²) in [6.45, 7) is 4.38. The Hall–Kier alpha value is -4.16. The van der Waals surface area contributed by atoms with Crippen LogP contribution >= 0.6 is 0 Å². The Kier molecular flexibility index (Phi) is 6.48. The Balaban J connectivity index is 1.26. The maximum absolute atomic E-state index is 13.7. The van der Waals surface area contributed by atoms with Crippen LogP contribution < -0.4 is 24.7 Å². The quantitative estimate of drug-likeness (QED) is 0.371. The fraction of sp³-hybridized carbons (Fsp3) is 0.429. The van der Waals surface area contributed by atoms with Crippen LogP contribution in [0, 0.1) is 0 Å². The number of aromatic nitrogens is 5. The van der Waals surface area contributed by atoms with E-state index < -0.39 is 6.04 Å². The van der Waals surface area contributed by atoms with Crippen LogP contribution in [0.15, 0.2) is 47.3 Å². The number of aromatic amines is 1. The van der Waals surface area contributed by atoms with Crippen LogP contribution in [0.2, 0.25) is 0 Å². The Morgan fingerprint density at radius 2 is 1.93 bits per heavy atom. The largest absolute Gasteiger partial charge is 0.495 e. The Morgan fingerprint density at radius 1 is 1.10 bits per heavy atom. The Morgan fingerprint density at radius 3 is 2.73 bits per heavy atom. The van der Waals surface area contributed by atoms with Gasteiger partial charge < -0.3 is 28.8 Å². The first-order valence-corrected chi connectivity index (χ1v) is 13.6. The van der Waals surface area contributed by atoms with Gasteiger partial charge in [-0.05, 0) is 47.5 Å². The molecule has 5 heterocycles. The molecule has 2 aromatic carbocycles. The lowest BCUT2D eigenvalue weighted by Crippen LogP contribution is -2.49. The average molecular weight is 546 g/mol. The third-order valence-electron chi connectivity index (χ3n) is 7.97. The summed E-state index contributed by atoms with van der Waals surface area (Å²) < 4.78 is 24.4. The fourth-order valence-electron chi connectivity index (χ4n) is 5.95. The van der Waals surface area contributed by atoms with Crippen molar-refractivity contribution in [1.82, 2.24) is 30.1 Å². The third kappa shape index (κ3) is 4.52. The van der Waals surface area contributed by atoms with Gasteiger partial charge in [0.1, 0.15) is 11.8 Å². The van der Waals surface area contributed by atoms with Crippen LogP contribution in [0.4, 0.5) is 5.69 Å². The molecule has 0 saturated carbocycles. The molecule has 3 aliphatic heterocycles. The summed E-state index contributed by atoms with van der Waals surface area (Å²) in [7, 11) is 1.69. The number of para-hydroxylation sites is 2. The molecule has 40 heavy (non-hydrogen) atoms. The normalized spacial score (nSPS) is 19.8. The van der Waals surface area contributed by atoms with Crippen molar-refractivity contribution in [3.63, 3.8) is 0 Å². The van der Waals surface area contributed by atoms with Crippen molar-refractivity contribution in [2.24, 2.45) is 0 Å². The van der Waals surface area contributed by atoms with Gasteiger partial charge in [-0.3, -0.25) is 9.69 Å². The highest BCUT2D eigenvalue weighted by Gasteiger charge is 2.34. The molecule has 1 N–H and O–H groups in total. The first kappa shape index (κ1) is 24.9. The number of rotatable bonds is 7. The molecule has 0 radical (unpaired) electrons. The van der Waals surface area contributed by atoms with E-state index in [1.54, 1.807) is 11.8 Å². The number of hydrogen-bond donors (Lipinski definition) is 1. The number of H-pyrrole nitrogens is 1. The number of benzene rings is 2. The van der Waals surface area contributed by atoms with E-state index in [0.29, 0.717) is 48.0 Å². The zero-order valence-electron chi connectivity index (χ0n) is 22.3. The lowest BCUT2D eigenvalue weighted by atomic mass is 10.0. The van der Waals surface area contributed by atoms with Gasteiger partial charge in [0.05, 0.1) is 31.0 Å². The smallest absolute Gasteiger partial charge is 0.253 e. The van der Waals surface area contributed by atoms with Crippen molar-refractivity contribution in [2.75, 3.05) is 51.6 Å². The summed E-state index contributed by atoms with van der Waals surface area (Å²) in [4.78, 5) is 21.3. The summed E-state index contributed by atoms with van der Waals surface area (Å²) in [5.41, 5.74) is 2.15. The predicted octanol–water partition coefficient (Wildman–Crippen LogP) is 2.34. The van der Waals surface area contributed by atoms with Crippen molar-refractivity contribution in [3.05, 3.63) is 64.2 Å².